The first-order valence-electron chi connectivity index (χ1n) is 7.50. The second-order valence-corrected chi connectivity index (χ2v) is 7.18. The van der Waals surface area contributed by atoms with Crippen molar-refractivity contribution in [3.63, 3.8) is 0 Å². The molecule has 1 aliphatic rings. The Balaban J connectivity index is 2.55. The summed E-state index contributed by atoms with van der Waals surface area (Å²) >= 11 is 0. The predicted molar refractivity (Wildman–Crippen MR) is 79.8 cm³/mol. The van der Waals surface area contributed by atoms with Gasteiger partial charge < -0.3 is 4.57 Å². The quantitative estimate of drug-likeness (QED) is 0.782. The van der Waals surface area contributed by atoms with Gasteiger partial charge in [-0.1, -0.05) is 34.6 Å². The van der Waals surface area contributed by atoms with E-state index in [1.165, 1.54) is 11.4 Å². The molecule has 1 aromatic rings. The first kappa shape index (κ1) is 14.4. The van der Waals surface area contributed by atoms with Crippen molar-refractivity contribution in [2.45, 2.75) is 66.8 Å². The number of Topliss-reactive ketones (excluding diaryl/α,β-unsaturated/α-hetero) is 1. The highest BCUT2D eigenvalue weighted by Gasteiger charge is 2.35. The third-order valence-corrected chi connectivity index (χ3v) is 4.44. The van der Waals surface area contributed by atoms with E-state index in [1.807, 2.05) is 0 Å². The highest BCUT2D eigenvalue weighted by atomic mass is 16.1. The van der Waals surface area contributed by atoms with Gasteiger partial charge >= 0.3 is 0 Å². The van der Waals surface area contributed by atoms with Gasteiger partial charge in [0, 0.05) is 29.4 Å². The lowest BCUT2D eigenvalue weighted by atomic mass is 9.76. The van der Waals surface area contributed by atoms with Gasteiger partial charge in [0.15, 0.2) is 5.78 Å². The van der Waals surface area contributed by atoms with Crippen LogP contribution in [0.25, 0.3) is 0 Å². The molecule has 0 saturated heterocycles. The van der Waals surface area contributed by atoms with Gasteiger partial charge in [0.2, 0.25) is 0 Å². The van der Waals surface area contributed by atoms with Crippen LogP contribution in [0.3, 0.4) is 0 Å². The van der Waals surface area contributed by atoms with Crippen LogP contribution in [0.4, 0.5) is 0 Å². The Morgan fingerprint density at radius 3 is 2.47 bits per heavy atom. The fourth-order valence-electron chi connectivity index (χ4n) is 3.59. The molecule has 2 heteroatoms. The molecule has 1 heterocycles. The van der Waals surface area contributed by atoms with Crippen molar-refractivity contribution < 1.29 is 4.79 Å². The van der Waals surface area contributed by atoms with Crippen molar-refractivity contribution in [3.05, 3.63) is 23.0 Å². The maximum absolute atomic E-state index is 12.3. The average molecular weight is 261 g/mol. The second kappa shape index (κ2) is 4.81. The third-order valence-electron chi connectivity index (χ3n) is 4.44. The van der Waals surface area contributed by atoms with Gasteiger partial charge in [-0.2, -0.15) is 0 Å². The van der Waals surface area contributed by atoms with E-state index in [9.17, 15) is 4.79 Å². The zero-order valence-electron chi connectivity index (χ0n) is 13.2. The maximum atomic E-state index is 12.3. The number of hydrogen-bond donors (Lipinski definition) is 0. The summed E-state index contributed by atoms with van der Waals surface area (Å²) in [6.07, 6.45) is 2.82. The van der Waals surface area contributed by atoms with Crippen molar-refractivity contribution in [2.75, 3.05) is 0 Å². The Morgan fingerprint density at radius 1 is 1.32 bits per heavy atom. The number of aromatic nitrogens is 1. The first-order chi connectivity index (χ1) is 8.76. The summed E-state index contributed by atoms with van der Waals surface area (Å²) in [6, 6.07) is 2.61. The Labute approximate surface area is 117 Å². The molecular formula is C17H27NO. The molecule has 0 saturated carbocycles. The van der Waals surface area contributed by atoms with E-state index in [4.69, 9.17) is 0 Å². The minimum atomic E-state index is 0.0991. The van der Waals surface area contributed by atoms with Crippen molar-refractivity contribution in [2.24, 2.45) is 11.3 Å². The van der Waals surface area contributed by atoms with Gasteiger partial charge in [-0.3, -0.25) is 4.79 Å². The lowest BCUT2D eigenvalue weighted by Crippen LogP contribution is -2.29. The largest absolute Gasteiger partial charge is 0.345 e. The van der Waals surface area contributed by atoms with E-state index in [0.717, 1.165) is 18.4 Å². The van der Waals surface area contributed by atoms with E-state index in [1.54, 1.807) is 0 Å². The van der Waals surface area contributed by atoms with Crippen LogP contribution in [0.5, 0.6) is 0 Å². The van der Waals surface area contributed by atoms with Crippen LogP contribution in [0.15, 0.2) is 6.07 Å². The first-order valence-corrected chi connectivity index (χ1v) is 7.50. The maximum Gasteiger partial charge on any atom is 0.165 e. The van der Waals surface area contributed by atoms with Crippen LogP contribution in [-0.4, -0.2) is 10.4 Å². The molecule has 0 bridgehead atoms. The van der Waals surface area contributed by atoms with Crippen molar-refractivity contribution >= 4 is 5.78 Å². The lowest BCUT2D eigenvalue weighted by Gasteiger charge is -2.33. The number of hydrogen-bond acceptors (Lipinski definition) is 1. The third kappa shape index (κ3) is 2.50. The second-order valence-electron chi connectivity index (χ2n) is 7.18. The molecule has 1 aliphatic carbocycles. The number of ketones is 1. The summed E-state index contributed by atoms with van der Waals surface area (Å²) in [5.41, 5.74) is 3.61. The summed E-state index contributed by atoms with van der Waals surface area (Å²) < 4.78 is 2.44. The van der Waals surface area contributed by atoms with E-state index < -0.39 is 0 Å². The molecule has 0 aromatic carbocycles. The van der Waals surface area contributed by atoms with E-state index in [0.29, 0.717) is 24.2 Å². The van der Waals surface area contributed by atoms with E-state index >= 15 is 0 Å². The van der Waals surface area contributed by atoms with Crippen LogP contribution < -0.4 is 0 Å². The Bertz CT molecular complexity index is 494. The molecule has 2 rings (SSSR count). The monoisotopic (exact) mass is 261 g/mol. The molecule has 0 spiro atoms. The fraction of sp³-hybridized carbons (Fsp3) is 0.706. The molecule has 2 nitrogen and oxygen atoms in total. The topological polar surface area (TPSA) is 22.0 Å². The number of carbonyl (C=O) groups is 1. The van der Waals surface area contributed by atoms with Crippen LogP contribution in [0, 0.1) is 18.3 Å². The zero-order valence-corrected chi connectivity index (χ0v) is 13.2. The van der Waals surface area contributed by atoms with Gasteiger partial charge in [0.25, 0.3) is 0 Å². The lowest BCUT2D eigenvalue weighted by molar-refractivity contribution is 0.0908. The molecule has 1 atom stereocenters. The molecule has 0 aliphatic heterocycles. The molecular weight excluding hydrogens is 234 g/mol. The van der Waals surface area contributed by atoms with Crippen LogP contribution in [-0.2, 0) is 6.42 Å². The number of nitrogens with zero attached hydrogens (tertiary/aromatic N) is 1. The molecule has 0 amide bonds. The number of rotatable bonds is 3. The van der Waals surface area contributed by atoms with Crippen molar-refractivity contribution in [1.29, 1.82) is 0 Å². The molecule has 106 valence electrons. The zero-order chi connectivity index (χ0) is 14.4. The average Bonchev–Trinajstić information content (AvgIpc) is 2.56. The van der Waals surface area contributed by atoms with Crippen molar-refractivity contribution in [1.82, 2.24) is 4.57 Å². The van der Waals surface area contributed by atoms with Gasteiger partial charge in [-0.05, 0) is 37.2 Å². The molecule has 0 fully saturated rings. The molecule has 0 N–H and O–H groups in total. The molecule has 19 heavy (non-hydrogen) atoms. The van der Waals surface area contributed by atoms with Gasteiger partial charge in [0.05, 0.1) is 0 Å². The Kier molecular flexibility index (Phi) is 3.63. The Hall–Kier alpha value is -1.05. The summed E-state index contributed by atoms with van der Waals surface area (Å²) in [6.45, 7) is 13.3. The van der Waals surface area contributed by atoms with Gasteiger partial charge in [-0.25, -0.2) is 0 Å². The highest BCUT2D eigenvalue weighted by molar-refractivity contribution is 5.99. The van der Waals surface area contributed by atoms with Crippen molar-refractivity contribution in [3.8, 4) is 0 Å². The summed E-state index contributed by atoms with van der Waals surface area (Å²) in [7, 11) is 0. The van der Waals surface area contributed by atoms with Gasteiger partial charge in [0.1, 0.15) is 0 Å². The fourth-order valence-corrected chi connectivity index (χ4v) is 3.59. The number of aryl methyl sites for hydroxylation is 1. The SMILES string of the molecule is CCC(C(C)C)n1c(C)cc2c1CC(C)(C)CC2=O. The standard InChI is InChI=1S/C17H27NO/c1-7-14(11(2)3)18-12(4)8-13-15(18)9-17(5,6)10-16(13)19/h8,11,14H,7,9-10H2,1-6H3. The smallest absolute Gasteiger partial charge is 0.165 e. The minimum absolute atomic E-state index is 0.0991. The predicted octanol–water partition coefficient (Wildman–Crippen LogP) is 4.56. The molecule has 1 unspecified atom stereocenters. The number of fused-ring (bicyclic) bond motifs is 1. The minimum Gasteiger partial charge on any atom is -0.345 e. The number of carbonyl (C=O) groups excluding carboxylic acids is 1. The summed E-state index contributed by atoms with van der Waals surface area (Å²) in [5, 5.41) is 0. The molecule has 0 radical (unpaired) electrons. The van der Waals surface area contributed by atoms with Crippen LogP contribution in [0.2, 0.25) is 0 Å². The summed E-state index contributed by atoms with van der Waals surface area (Å²) in [5.74, 6) is 0.923. The van der Waals surface area contributed by atoms with Crippen LogP contribution >= 0.6 is 0 Å². The Morgan fingerprint density at radius 2 is 1.95 bits per heavy atom. The molecule has 1 aromatic heterocycles. The van der Waals surface area contributed by atoms with E-state index in [-0.39, 0.29) is 5.41 Å². The van der Waals surface area contributed by atoms with Gasteiger partial charge in [-0.15, -0.1) is 0 Å². The normalized spacial score (nSPS) is 19.6. The van der Waals surface area contributed by atoms with E-state index in [2.05, 4.69) is 52.2 Å². The highest BCUT2D eigenvalue weighted by Crippen LogP contribution is 2.39. The van der Waals surface area contributed by atoms with Crippen LogP contribution in [0.1, 0.15) is 75.2 Å². The summed E-state index contributed by atoms with van der Waals surface area (Å²) in [4.78, 5) is 12.3.